The van der Waals surface area contributed by atoms with Gasteiger partial charge in [-0.25, -0.2) is 4.79 Å². The van der Waals surface area contributed by atoms with E-state index in [0.717, 1.165) is 0 Å². The molecule has 0 aromatic rings. The molecule has 0 saturated carbocycles. The average Bonchev–Trinajstić information content (AvgIpc) is 2.72. The van der Waals surface area contributed by atoms with Crippen molar-refractivity contribution in [1.29, 1.82) is 0 Å². The minimum Gasteiger partial charge on any atom is -0.480 e. The highest BCUT2D eigenvalue weighted by atomic mass is 32.1. The van der Waals surface area contributed by atoms with E-state index in [1.54, 1.807) is 0 Å². The van der Waals surface area contributed by atoms with Gasteiger partial charge in [0.15, 0.2) is 5.96 Å². The lowest BCUT2D eigenvalue weighted by Gasteiger charge is -2.21. The van der Waals surface area contributed by atoms with E-state index in [1.165, 1.54) is 0 Å². The number of thiol groups is 1. The second kappa shape index (κ2) is 16.2. The number of carboxylic acids is 1. The van der Waals surface area contributed by atoms with Crippen LogP contribution in [0.15, 0.2) is 4.99 Å². The quantitative estimate of drug-likeness (QED) is 0.0479. The zero-order chi connectivity index (χ0) is 23.8. The van der Waals surface area contributed by atoms with E-state index in [4.69, 9.17) is 22.9 Å². The number of nitrogens with one attached hydrogen (secondary N) is 3. The first kappa shape index (κ1) is 28.4. The van der Waals surface area contributed by atoms with Gasteiger partial charge in [0.25, 0.3) is 0 Å². The van der Waals surface area contributed by atoms with Crippen molar-refractivity contribution < 1.29 is 24.3 Å². The summed E-state index contributed by atoms with van der Waals surface area (Å²) in [7, 11) is 0. The Hall–Kier alpha value is -2.58. The van der Waals surface area contributed by atoms with Crippen molar-refractivity contribution in [3.63, 3.8) is 0 Å². The largest absolute Gasteiger partial charge is 0.480 e. The zero-order valence-electron chi connectivity index (χ0n) is 17.4. The molecule has 0 rings (SSSR count). The fourth-order valence-electron chi connectivity index (χ4n) is 2.42. The summed E-state index contributed by atoms with van der Waals surface area (Å²) in [6.07, 6.45) is 1.83. The van der Waals surface area contributed by atoms with Crippen molar-refractivity contribution in [3.05, 3.63) is 0 Å². The lowest BCUT2D eigenvalue weighted by molar-refractivity contribution is -0.142. The summed E-state index contributed by atoms with van der Waals surface area (Å²) in [6, 6.07) is -3.03. The summed E-state index contributed by atoms with van der Waals surface area (Å²) >= 11 is 3.90. The van der Waals surface area contributed by atoms with Gasteiger partial charge in [0.2, 0.25) is 17.7 Å². The van der Waals surface area contributed by atoms with Gasteiger partial charge < -0.3 is 44.0 Å². The van der Waals surface area contributed by atoms with Crippen LogP contribution in [0.2, 0.25) is 0 Å². The molecule has 0 aliphatic carbocycles. The number of carbonyl (C=O) groups is 4. The summed E-state index contributed by atoms with van der Waals surface area (Å²) in [5.41, 5.74) is 21.4. The fraction of sp³-hybridized carbons (Fsp3) is 0.706. The number of amides is 3. The maximum Gasteiger partial charge on any atom is 0.326 e. The van der Waals surface area contributed by atoms with Crippen LogP contribution < -0.4 is 38.9 Å². The number of rotatable bonds is 16. The summed E-state index contributed by atoms with van der Waals surface area (Å²) in [4.78, 5) is 51.7. The number of unbranched alkanes of at least 4 members (excludes halogenated alkanes) is 1. The molecule has 0 aromatic heterocycles. The van der Waals surface area contributed by atoms with Gasteiger partial charge in [-0.3, -0.25) is 19.4 Å². The highest BCUT2D eigenvalue weighted by Gasteiger charge is 2.26. The lowest BCUT2D eigenvalue weighted by atomic mass is 10.1. The number of hydrogen-bond acceptors (Lipinski definition) is 8. The van der Waals surface area contributed by atoms with Crippen LogP contribution in [-0.2, 0) is 19.2 Å². The maximum absolute atomic E-state index is 12.6. The predicted octanol–water partition coefficient (Wildman–Crippen LogP) is -3.40. The van der Waals surface area contributed by atoms with Crippen LogP contribution in [0.25, 0.3) is 0 Å². The van der Waals surface area contributed by atoms with Crippen LogP contribution in [0, 0.1) is 0 Å². The van der Waals surface area contributed by atoms with Gasteiger partial charge in [-0.15, -0.1) is 0 Å². The van der Waals surface area contributed by atoms with Crippen LogP contribution in [0.3, 0.4) is 0 Å². The smallest absolute Gasteiger partial charge is 0.326 e. The van der Waals surface area contributed by atoms with Gasteiger partial charge in [-0.2, -0.15) is 12.6 Å². The van der Waals surface area contributed by atoms with Gasteiger partial charge >= 0.3 is 5.97 Å². The third-order valence-corrected chi connectivity index (χ3v) is 4.51. The maximum atomic E-state index is 12.6. The first-order valence-corrected chi connectivity index (χ1v) is 10.5. The molecular formula is C17H34N8O5S. The average molecular weight is 463 g/mol. The third kappa shape index (κ3) is 13.4. The number of aliphatic imine (C=N–C) groups is 1. The Labute approximate surface area is 186 Å². The van der Waals surface area contributed by atoms with Crippen LogP contribution in [0.1, 0.15) is 32.1 Å². The normalized spacial score (nSPS) is 13.4. The van der Waals surface area contributed by atoms with Crippen LogP contribution in [0.4, 0.5) is 0 Å². The molecule has 14 heteroatoms. The first-order valence-electron chi connectivity index (χ1n) is 9.84. The summed E-state index contributed by atoms with van der Waals surface area (Å²) in [5, 5.41) is 16.6. The molecule has 0 bridgehead atoms. The molecule has 0 saturated heterocycles. The highest BCUT2D eigenvalue weighted by Crippen LogP contribution is 2.04. The van der Waals surface area contributed by atoms with E-state index in [0.29, 0.717) is 25.8 Å². The minimum atomic E-state index is -1.22. The van der Waals surface area contributed by atoms with E-state index in [2.05, 4.69) is 33.6 Å². The van der Waals surface area contributed by atoms with Crippen LogP contribution >= 0.6 is 12.6 Å². The topological polar surface area (TPSA) is 241 Å². The van der Waals surface area contributed by atoms with Crippen LogP contribution in [-0.4, -0.2) is 78.3 Å². The molecular weight excluding hydrogens is 428 g/mol. The molecule has 0 radical (unpaired) electrons. The van der Waals surface area contributed by atoms with E-state index in [1.807, 2.05) is 0 Å². The lowest BCUT2D eigenvalue weighted by Crippen LogP contribution is -2.53. The minimum absolute atomic E-state index is 0.0962. The summed E-state index contributed by atoms with van der Waals surface area (Å²) < 4.78 is 0. The van der Waals surface area contributed by atoms with Gasteiger partial charge in [0.05, 0.1) is 12.6 Å². The molecule has 0 spiro atoms. The zero-order valence-corrected chi connectivity index (χ0v) is 18.3. The highest BCUT2D eigenvalue weighted by molar-refractivity contribution is 7.80. The number of carbonyl (C=O) groups excluding carboxylic acids is 3. The van der Waals surface area contributed by atoms with Crippen LogP contribution in [0.5, 0.6) is 0 Å². The van der Waals surface area contributed by atoms with E-state index >= 15 is 0 Å². The summed E-state index contributed by atoms with van der Waals surface area (Å²) in [6.45, 7) is 0.233. The molecule has 3 unspecified atom stereocenters. The molecule has 0 fully saturated rings. The van der Waals surface area contributed by atoms with E-state index in [9.17, 15) is 24.3 Å². The molecule has 12 N–H and O–H groups in total. The molecule has 0 heterocycles. The van der Waals surface area contributed by atoms with Crippen molar-refractivity contribution >= 4 is 42.3 Å². The van der Waals surface area contributed by atoms with Crippen molar-refractivity contribution in [1.82, 2.24) is 16.0 Å². The van der Waals surface area contributed by atoms with Crippen molar-refractivity contribution in [2.45, 2.75) is 50.2 Å². The van der Waals surface area contributed by atoms with E-state index < -0.39 is 41.8 Å². The molecule has 3 atom stereocenters. The van der Waals surface area contributed by atoms with Gasteiger partial charge in [-0.05, 0) is 38.6 Å². The molecule has 178 valence electrons. The summed E-state index contributed by atoms with van der Waals surface area (Å²) in [5.74, 6) is -3.05. The van der Waals surface area contributed by atoms with Gasteiger partial charge in [0.1, 0.15) is 12.1 Å². The Kier molecular flexibility index (Phi) is 14.8. The second-order valence-corrected chi connectivity index (χ2v) is 7.12. The molecule has 3 amide bonds. The third-order valence-electron chi connectivity index (χ3n) is 4.12. The predicted molar refractivity (Wildman–Crippen MR) is 119 cm³/mol. The Morgan fingerprint density at radius 2 is 1.61 bits per heavy atom. The number of aliphatic carboxylic acids is 1. The molecule has 31 heavy (non-hydrogen) atoms. The molecule has 13 nitrogen and oxygen atoms in total. The van der Waals surface area contributed by atoms with Crippen molar-refractivity contribution in [2.75, 3.05) is 25.4 Å². The second-order valence-electron chi connectivity index (χ2n) is 6.76. The standard InChI is InChI=1S/C17H34N8O5S/c18-6-2-1-4-11(24-13(26)8-23-14(27)10(19)9-31)15(28)25-12(16(29)30)5-3-7-22-17(20)21/h10-12,31H,1-9,18-19H2,(H,23,27)(H,24,26)(H,25,28)(H,29,30)(H4,20,21,22). The molecule has 0 aliphatic heterocycles. The molecule has 0 aliphatic rings. The van der Waals surface area contributed by atoms with Gasteiger partial charge in [0, 0.05) is 12.3 Å². The van der Waals surface area contributed by atoms with Crippen molar-refractivity contribution in [2.24, 2.45) is 27.9 Å². The fourth-order valence-corrected chi connectivity index (χ4v) is 2.59. The van der Waals surface area contributed by atoms with E-state index in [-0.39, 0.29) is 37.6 Å². The number of carboxylic acid groups (broad SMARTS) is 1. The number of hydrogen-bond donors (Lipinski definition) is 9. The monoisotopic (exact) mass is 462 g/mol. The number of guanidine groups is 1. The first-order chi connectivity index (χ1) is 14.6. The Morgan fingerprint density at radius 3 is 2.16 bits per heavy atom. The molecule has 0 aromatic carbocycles. The SMILES string of the molecule is NCCCCC(NC(=O)CNC(=O)C(N)CS)C(=O)NC(CCCN=C(N)N)C(=O)O. The Bertz CT molecular complexity index is 630. The number of nitrogens with zero attached hydrogens (tertiary/aromatic N) is 1. The number of nitrogens with two attached hydrogens (primary N) is 4. The van der Waals surface area contributed by atoms with Gasteiger partial charge in [-0.1, -0.05) is 0 Å². The Morgan fingerprint density at radius 1 is 0.968 bits per heavy atom. The van der Waals surface area contributed by atoms with Crippen molar-refractivity contribution in [3.8, 4) is 0 Å². The Balaban J connectivity index is 4.92.